The lowest BCUT2D eigenvalue weighted by Crippen LogP contribution is -2.40. The maximum Gasteiger partial charge on any atom is 0.223 e. The molecule has 0 aromatic carbocycles. The van der Waals surface area contributed by atoms with Crippen molar-refractivity contribution in [1.29, 1.82) is 0 Å². The van der Waals surface area contributed by atoms with E-state index in [1.54, 1.807) is 0 Å². The van der Waals surface area contributed by atoms with E-state index in [-0.39, 0.29) is 0 Å². The lowest BCUT2D eigenvalue weighted by atomic mass is 9.94. The van der Waals surface area contributed by atoms with Crippen LogP contribution in [0.5, 0.6) is 0 Å². The summed E-state index contributed by atoms with van der Waals surface area (Å²) in [5.41, 5.74) is 5.65. The van der Waals surface area contributed by atoms with E-state index in [1.165, 1.54) is 25.7 Å². The molecule has 84 valence electrons. The molecule has 1 saturated heterocycles. The van der Waals surface area contributed by atoms with Crippen molar-refractivity contribution in [3.63, 3.8) is 0 Å². The Morgan fingerprint density at radius 2 is 2.20 bits per heavy atom. The molecule has 1 amide bonds. The second-order valence-corrected chi connectivity index (χ2v) is 5.59. The number of amides is 1. The Labute approximate surface area is 91.0 Å². The van der Waals surface area contributed by atoms with Crippen molar-refractivity contribution in [2.45, 2.75) is 38.1 Å². The Bertz CT molecular complexity index is 279. The molecule has 3 rings (SSSR count). The van der Waals surface area contributed by atoms with E-state index in [9.17, 15) is 4.79 Å². The van der Waals surface area contributed by atoms with Gasteiger partial charge in [0.1, 0.15) is 0 Å². The zero-order chi connectivity index (χ0) is 10.4. The highest BCUT2D eigenvalue weighted by atomic mass is 16.2. The summed E-state index contributed by atoms with van der Waals surface area (Å²) in [6.45, 7) is 1.60. The summed E-state index contributed by atoms with van der Waals surface area (Å²) in [5, 5.41) is 0. The summed E-state index contributed by atoms with van der Waals surface area (Å²) >= 11 is 0. The maximum atomic E-state index is 11.9. The third-order valence-electron chi connectivity index (χ3n) is 4.67. The normalized spacial score (nSPS) is 44.3. The molecule has 3 heteroatoms. The molecule has 0 radical (unpaired) electrons. The van der Waals surface area contributed by atoms with Gasteiger partial charge in [-0.15, -0.1) is 0 Å². The molecule has 1 heterocycles. The van der Waals surface area contributed by atoms with Crippen molar-refractivity contribution in [2.75, 3.05) is 13.1 Å². The fourth-order valence-electron chi connectivity index (χ4n) is 3.88. The molecule has 2 saturated carbocycles. The molecule has 4 atom stereocenters. The van der Waals surface area contributed by atoms with Crippen LogP contribution in [0.1, 0.15) is 32.1 Å². The number of carbonyl (C=O) groups excluding carboxylic acids is 1. The fraction of sp³-hybridized carbons (Fsp3) is 0.917. The smallest absolute Gasteiger partial charge is 0.223 e. The van der Waals surface area contributed by atoms with Gasteiger partial charge in [-0.05, 0) is 43.6 Å². The number of hydrogen-bond donors (Lipinski definition) is 1. The van der Waals surface area contributed by atoms with E-state index in [2.05, 4.69) is 4.90 Å². The number of nitrogens with two attached hydrogens (primary N) is 1. The van der Waals surface area contributed by atoms with Crippen LogP contribution in [0.2, 0.25) is 0 Å². The van der Waals surface area contributed by atoms with Gasteiger partial charge in [0, 0.05) is 19.0 Å². The molecule has 1 aliphatic heterocycles. The van der Waals surface area contributed by atoms with Gasteiger partial charge in [-0.3, -0.25) is 4.79 Å². The maximum absolute atomic E-state index is 11.9. The highest BCUT2D eigenvalue weighted by Gasteiger charge is 2.45. The zero-order valence-corrected chi connectivity index (χ0v) is 9.19. The quantitative estimate of drug-likeness (QED) is 0.735. The van der Waals surface area contributed by atoms with Crippen LogP contribution in [0.25, 0.3) is 0 Å². The molecule has 2 aliphatic carbocycles. The van der Waals surface area contributed by atoms with Crippen LogP contribution < -0.4 is 5.73 Å². The second-order valence-electron chi connectivity index (χ2n) is 5.59. The van der Waals surface area contributed by atoms with Crippen molar-refractivity contribution >= 4 is 5.91 Å². The summed E-state index contributed by atoms with van der Waals surface area (Å²) < 4.78 is 0. The van der Waals surface area contributed by atoms with Gasteiger partial charge in [-0.2, -0.15) is 0 Å². The predicted octanol–water partition coefficient (Wildman–Crippen LogP) is 0.982. The van der Waals surface area contributed by atoms with E-state index in [0.717, 1.165) is 18.4 Å². The van der Waals surface area contributed by atoms with Crippen LogP contribution in [0.4, 0.5) is 0 Å². The highest BCUT2D eigenvalue weighted by Crippen LogP contribution is 2.47. The molecular weight excluding hydrogens is 188 g/mol. The largest absolute Gasteiger partial charge is 0.339 e. The van der Waals surface area contributed by atoms with Crippen molar-refractivity contribution < 1.29 is 4.79 Å². The molecule has 4 unspecified atom stereocenters. The van der Waals surface area contributed by atoms with Gasteiger partial charge in [0.15, 0.2) is 0 Å². The van der Waals surface area contributed by atoms with Gasteiger partial charge >= 0.3 is 0 Å². The first-order valence-electron chi connectivity index (χ1n) is 6.27. The Morgan fingerprint density at radius 3 is 2.73 bits per heavy atom. The molecule has 3 fully saturated rings. The van der Waals surface area contributed by atoms with Gasteiger partial charge < -0.3 is 10.6 Å². The molecule has 2 N–H and O–H groups in total. The highest BCUT2D eigenvalue weighted by molar-refractivity contribution is 5.79. The standard InChI is InChI=1S/C12H20N2O/c13-6-9-5-12(15)14(7-9)11-4-8-1-2-10(11)3-8/h8-11H,1-7,13H2. The van der Waals surface area contributed by atoms with E-state index in [0.29, 0.717) is 30.8 Å². The SMILES string of the molecule is NCC1CC(=O)N(C2CC3CCC2C3)C1. The van der Waals surface area contributed by atoms with Gasteiger partial charge in [0.05, 0.1) is 0 Å². The molecular formula is C12H20N2O. The van der Waals surface area contributed by atoms with E-state index >= 15 is 0 Å². The Kier molecular flexibility index (Phi) is 2.23. The third-order valence-corrected chi connectivity index (χ3v) is 4.67. The minimum atomic E-state index is 0.364. The fourth-order valence-corrected chi connectivity index (χ4v) is 3.88. The van der Waals surface area contributed by atoms with Gasteiger partial charge in [0.25, 0.3) is 0 Å². The van der Waals surface area contributed by atoms with Crippen LogP contribution >= 0.6 is 0 Å². The number of rotatable bonds is 2. The molecule has 0 aromatic heterocycles. The third kappa shape index (κ3) is 1.48. The molecule has 3 aliphatic rings. The number of carbonyl (C=O) groups is 1. The van der Waals surface area contributed by atoms with Gasteiger partial charge in [-0.1, -0.05) is 6.42 Å². The minimum absolute atomic E-state index is 0.364. The van der Waals surface area contributed by atoms with E-state index in [4.69, 9.17) is 5.73 Å². The summed E-state index contributed by atoms with van der Waals surface area (Å²) in [5.74, 6) is 2.53. The predicted molar refractivity (Wildman–Crippen MR) is 58.1 cm³/mol. The summed E-state index contributed by atoms with van der Waals surface area (Å²) in [7, 11) is 0. The Hall–Kier alpha value is -0.570. The average molecular weight is 208 g/mol. The Balaban J connectivity index is 1.70. The van der Waals surface area contributed by atoms with Crippen molar-refractivity contribution in [3.05, 3.63) is 0 Å². The average Bonchev–Trinajstić information content (AvgIpc) is 2.90. The van der Waals surface area contributed by atoms with Crippen LogP contribution in [0, 0.1) is 17.8 Å². The van der Waals surface area contributed by atoms with Crippen molar-refractivity contribution in [2.24, 2.45) is 23.5 Å². The second kappa shape index (κ2) is 3.48. The number of likely N-dealkylation sites (tertiary alicyclic amines) is 1. The summed E-state index contributed by atoms with van der Waals surface area (Å²) in [4.78, 5) is 14.0. The lowest BCUT2D eigenvalue weighted by Gasteiger charge is -2.31. The first kappa shape index (κ1) is 9.64. The lowest BCUT2D eigenvalue weighted by molar-refractivity contribution is -0.130. The molecule has 2 bridgehead atoms. The first-order chi connectivity index (χ1) is 7.28. The Morgan fingerprint density at radius 1 is 1.33 bits per heavy atom. The number of nitrogens with zero attached hydrogens (tertiary/aromatic N) is 1. The topological polar surface area (TPSA) is 46.3 Å². The minimum Gasteiger partial charge on any atom is -0.339 e. The molecule has 0 spiro atoms. The monoisotopic (exact) mass is 208 g/mol. The van der Waals surface area contributed by atoms with Crippen LogP contribution in [-0.4, -0.2) is 29.9 Å². The summed E-state index contributed by atoms with van der Waals surface area (Å²) in [6.07, 6.45) is 6.11. The van der Waals surface area contributed by atoms with Crippen molar-refractivity contribution in [3.8, 4) is 0 Å². The van der Waals surface area contributed by atoms with Crippen LogP contribution in [0.15, 0.2) is 0 Å². The van der Waals surface area contributed by atoms with Crippen molar-refractivity contribution in [1.82, 2.24) is 4.90 Å². The number of hydrogen-bond acceptors (Lipinski definition) is 2. The summed E-state index contributed by atoms with van der Waals surface area (Å²) in [6, 6.07) is 0.577. The first-order valence-corrected chi connectivity index (χ1v) is 6.27. The zero-order valence-electron chi connectivity index (χ0n) is 9.19. The van der Waals surface area contributed by atoms with Gasteiger partial charge in [-0.25, -0.2) is 0 Å². The number of fused-ring (bicyclic) bond motifs is 2. The van der Waals surface area contributed by atoms with E-state index < -0.39 is 0 Å². The van der Waals surface area contributed by atoms with Crippen LogP contribution in [0.3, 0.4) is 0 Å². The van der Waals surface area contributed by atoms with E-state index in [1.807, 2.05) is 0 Å². The molecule has 15 heavy (non-hydrogen) atoms. The molecule has 0 aromatic rings. The molecule has 3 nitrogen and oxygen atoms in total. The van der Waals surface area contributed by atoms with Crippen LogP contribution in [-0.2, 0) is 4.79 Å². The van der Waals surface area contributed by atoms with Gasteiger partial charge in [0.2, 0.25) is 5.91 Å².